The van der Waals surface area contributed by atoms with Crippen molar-refractivity contribution in [2.75, 3.05) is 0 Å². The van der Waals surface area contributed by atoms with Crippen LogP contribution in [0.4, 0.5) is 0 Å². The van der Waals surface area contributed by atoms with E-state index in [9.17, 15) is 9.90 Å². The summed E-state index contributed by atoms with van der Waals surface area (Å²) in [5.41, 5.74) is -0.771. The molecule has 19 heavy (non-hydrogen) atoms. The van der Waals surface area contributed by atoms with Crippen LogP contribution in [-0.4, -0.2) is 37.2 Å². The van der Waals surface area contributed by atoms with Crippen LogP contribution in [0, 0.1) is 0 Å². The van der Waals surface area contributed by atoms with Crippen LogP contribution in [0.2, 0.25) is 18.1 Å². The molecule has 0 radical (unpaired) electrons. The molecule has 1 aliphatic heterocycles. The number of hydrogen-bond acceptors (Lipinski definition) is 4. The number of esters is 1. The van der Waals surface area contributed by atoms with Gasteiger partial charge in [0, 0.05) is 0 Å². The largest absolute Gasteiger partial charge is 0.453 e. The molecule has 1 aliphatic carbocycles. The van der Waals surface area contributed by atoms with Gasteiger partial charge in [0.2, 0.25) is 0 Å². The van der Waals surface area contributed by atoms with Gasteiger partial charge in [0.15, 0.2) is 13.9 Å². The minimum Gasteiger partial charge on any atom is -0.453 e. The number of aliphatic hydroxyl groups excluding tert-OH is 1. The molecule has 1 saturated heterocycles. The van der Waals surface area contributed by atoms with Gasteiger partial charge < -0.3 is 14.3 Å². The molecule has 2 aliphatic rings. The molecular weight excluding hydrogens is 260 g/mol. The van der Waals surface area contributed by atoms with E-state index in [1.807, 2.05) is 0 Å². The average molecular weight is 286 g/mol. The Balaban J connectivity index is 2.19. The maximum absolute atomic E-state index is 11.5. The lowest BCUT2D eigenvalue weighted by Gasteiger charge is -2.42. The molecule has 0 aromatic heterocycles. The molecule has 0 aromatic rings. The van der Waals surface area contributed by atoms with Gasteiger partial charge in [0.05, 0.1) is 12.5 Å². The molecule has 1 heterocycles. The second kappa shape index (κ2) is 4.57. The smallest absolute Gasteiger partial charge is 0.309 e. The van der Waals surface area contributed by atoms with Crippen molar-refractivity contribution in [2.24, 2.45) is 0 Å². The van der Waals surface area contributed by atoms with E-state index in [-0.39, 0.29) is 23.5 Å². The summed E-state index contributed by atoms with van der Waals surface area (Å²) in [6.45, 7) is 11.0. The Morgan fingerprint density at radius 1 is 1.42 bits per heavy atom. The van der Waals surface area contributed by atoms with E-state index in [1.165, 1.54) is 0 Å². The third-order valence-corrected chi connectivity index (χ3v) is 9.54. The van der Waals surface area contributed by atoms with E-state index in [1.54, 1.807) is 0 Å². The van der Waals surface area contributed by atoms with Crippen molar-refractivity contribution >= 4 is 14.3 Å². The third kappa shape index (κ3) is 2.48. The van der Waals surface area contributed by atoms with Crippen molar-refractivity contribution in [2.45, 2.75) is 82.4 Å². The Hall–Kier alpha value is -0.393. The molecule has 1 N–H and O–H groups in total. The highest BCUT2D eigenvalue weighted by atomic mass is 28.4. The first-order chi connectivity index (χ1) is 8.58. The Kier molecular flexibility index (Phi) is 3.61. The SMILES string of the molecule is CC(C)(C)[Si](C)(C)O[C@H]1CCC[C@]12OC(=O)C[C@@H]2O. The summed E-state index contributed by atoms with van der Waals surface area (Å²) < 4.78 is 11.9. The Morgan fingerprint density at radius 3 is 2.53 bits per heavy atom. The normalized spacial score (nSPS) is 36.0. The lowest BCUT2D eigenvalue weighted by molar-refractivity contribution is -0.160. The van der Waals surface area contributed by atoms with Crippen LogP contribution < -0.4 is 0 Å². The molecule has 0 unspecified atom stereocenters. The van der Waals surface area contributed by atoms with Crippen LogP contribution >= 0.6 is 0 Å². The minimum absolute atomic E-state index is 0.108. The van der Waals surface area contributed by atoms with E-state index < -0.39 is 20.0 Å². The zero-order valence-electron chi connectivity index (χ0n) is 12.7. The van der Waals surface area contributed by atoms with Gasteiger partial charge in [-0.15, -0.1) is 0 Å². The first kappa shape index (κ1) is 15.0. The number of carbonyl (C=O) groups is 1. The van der Waals surface area contributed by atoms with Crippen LogP contribution in [0.1, 0.15) is 46.5 Å². The summed E-state index contributed by atoms with van der Waals surface area (Å²) in [5.74, 6) is -0.293. The number of ether oxygens (including phenoxy) is 1. The van der Waals surface area contributed by atoms with Gasteiger partial charge in [-0.05, 0) is 37.4 Å². The second-order valence-electron chi connectivity index (χ2n) is 7.41. The highest BCUT2D eigenvalue weighted by Crippen LogP contribution is 2.47. The fourth-order valence-electron chi connectivity index (χ4n) is 2.81. The Bertz CT molecular complexity index is 374. The van der Waals surface area contributed by atoms with Crippen molar-refractivity contribution in [1.82, 2.24) is 0 Å². The minimum atomic E-state index is -1.92. The van der Waals surface area contributed by atoms with Crippen LogP contribution in [0.15, 0.2) is 0 Å². The lowest BCUT2D eigenvalue weighted by Crippen LogP contribution is -2.53. The fourth-order valence-corrected chi connectivity index (χ4v) is 4.19. The van der Waals surface area contributed by atoms with E-state index in [4.69, 9.17) is 9.16 Å². The molecule has 2 fully saturated rings. The summed E-state index contributed by atoms with van der Waals surface area (Å²) in [6.07, 6.45) is 1.80. The van der Waals surface area contributed by atoms with Crippen molar-refractivity contribution in [3.8, 4) is 0 Å². The van der Waals surface area contributed by atoms with E-state index in [0.29, 0.717) is 0 Å². The molecule has 110 valence electrons. The zero-order valence-corrected chi connectivity index (χ0v) is 13.7. The van der Waals surface area contributed by atoms with Gasteiger partial charge >= 0.3 is 5.97 Å². The predicted octanol–water partition coefficient (Wildman–Crippen LogP) is 2.61. The third-order valence-electron chi connectivity index (χ3n) is 5.05. The number of aliphatic hydroxyl groups is 1. The highest BCUT2D eigenvalue weighted by molar-refractivity contribution is 6.74. The first-order valence-corrected chi connectivity index (χ1v) is 10.1. The Morgan fingerprint density at radius 2 is 2.05 bits per heavy atom. The fraction of sp³-hybridized carbons (Fsp3) is 0.929. The second-order valence-corrected chi connectivity index (χ2v) is 12.2. The van der Waals surface area contributed by atoms with Crippen LogP contribution in [0.5, 0.6) is 0 Å². The lowest BCUT2D eigenvalue weighted by atomic mass is 9.93. The maximum atomic E-state index is 11.5. The van der Waals surface area contributed by atoms with Gasteiger partial charge in [0.1, 0.15) is 6.10 Å². The molecule has 2 rings (SSSR count). The van der Waals surface area contributed by atoms with Crippen molar-refractivity contribution in [3.63, 3.8) is 0 Å². The number of rotatable bonds is 2. The topological polar surface area (TPSA) is 55.8 Å². The van der Waals surface area contributed by atoms with Gasteiger partial charge in [0.25, 0.3) is 0 Å². The van der Waals surface area contributed by atoms with Crippen LogP contribution in [-0.2, 0) is 14.0 Å². The van der Waals surface area contributed by atoms with Crippen molar-refractivity contribution < 1.29 is 19.1 Å². The monoisotopic (exact) mass is 286 g/mol. The summed E-state index contributed by atoms with van der Waals surface area (Å²) in [4.78, 5) is 11.5. The summed E-state index contributed by atoms with van der Waals surface area (Å²) in [7, 11) is -1.92. The molecule has 0 aromatic carbocycles. The van der Waals surface area contributed by atoms with Crippen LogP contribution in [0.3, 0.4) is 0 Å². The van der Waals surface area contributed by atoms with Gasteiger partial charge in [-0.25, -0.2) is 0 Å². The Labute approximate surface area is 116 Å². The number of hydrogen-bond donors (Lipinski definition) is 1. The summed E-state index contributed by atoms with van der Waals surface area (Å²) in [6, 6.07) is 0. The van der Waals surface area contributed by atoms with Crippen molar-refractivity contribution in [3.05, 3.63) is 0 Å². The van der Waals surface area contributed by atoms with Gasteiger partial charge in [-0.2, -0.15) is 0 Å². The average Bonchev–Trinajstić information content (AvgIpc) is 2.71. The first-order valence-electron chi connectivity index (χ1n) is 7.16. The zero-order chi connectivity index (χ0) is 14.5. The summed E-state index contributed by atoms with van der Waals surface area (Å²) >= 11 is 0. The standard InChI is InChI=1S/C14H26O4Si/c1-13(2,3)19(4,5)18-11-7-6-8-14(11)10(15)9-12(16)17-14/h10-11,15H,6-9H2,1-5H3/t10-,11-,14+/m0/s1. The van der Waals surface area contributed by atoms with E-state index >= 15 is 0 Å². The summed E-state index contributed by atoms with van der Waals surface area (Å²) in [5, 5.41) is 10.3. The molecule has 5 heteroatoms. The number of carbonyl (C=O) groups excluding carboxylic acids is 1. The molecule has 0 bridgehead atoms. The molecule has 1 saturated carbocycles. The maximum Gasteiger partial charge on any atom is 0.309 e. The predicted molar refractivity (Wildman–Crippen MR) is 75.4 cm³/mol. The van der Waals surface area contributed by atoms with Crippen LogP contribution in [0.25, 0.3) is 0 Å². The van der Waals surface area contributed by atoms with E-state index in [2.05, 4.69) is 33.9 Å². The molecule has 0 amide bonds. The van der Waals surface area contributed by atoms with E-state index in [0.717, 1.165) is 19.3 Å². The molecule has 1 spiro atoms. The quantitative estimate of drug-likeness (QED) is 0.626. The highest BCUT2D eigenvalue weighted by Gasteiger charge is 2.58. The van der Waals surface area contributed by atoms with Crippen molar-refractivity contribution in [1.29, 1.82) is 0 Å². The van der Waals surface area contributed by atoms with Gasteiger partial charge in [-0.3, -0.25) is 4.79 Å². The molecule has 3 atom stereocenters. The molecule has 4 nitrogen and oxygen atoms in total. The molecular formula is C14H26O4Si. The van der Waals surface area contributed by atoms with Gasteiger partial charge in [-0.1, -0.05) is 20.8 Å².